The first-order chi connectivity index (χ1) is 9.49. The first-order valence-corrected chi connectivity index (χ1v) is 7.44. The number of piperidine rings is 1. The summed E-state index contributed by atoms with van der Waals surface area (Å²) >= 11 is 1.49. The molecule has 0 N–H and O–H groups in total. The molecule has 1 saturated heterocycles. The van der Waals surface area contributed by atoms with Crippen LogP contribution in [0.2, 0.25) is 0 Å². The summed E-state index contributed by atoms with van der Waals surface area (Å²) in [5, 5.41) is 9.18. The molecule has 3 nitrogen and oxygen atoms in total. The number of likely N-dealkylation sites (tertiary alicyclic amines) is 1. The second-order valence-electron chi connectivity index (χ2n) is 4.76. The van der Waals surface area contributed by atoms with Crippen molar-refractivity contribution in [3.63, 3.8) is 0 Å². The maximum atomic E-state index is 13.1. The van der Waals surface area contributed by atoms with Crippen molar-refractivity contribution in [3.05, 3.63) is 35.4 Å². The third-order valence-electron chi connectivity index (χ3n) is 3.56. The van der Waals surface area contributed by atoms with Crippen molar-refractivity contribution in [2.24, 2.45) is 0 Å². The molecule has 1 aromatic carbocycles. The lowest BCUT2D eigenvalue weighted by atomic mass is 9.96. The highest BCUT2D eigenvalue weighted by Crippen LogP contribution is 2.34. The largest absolute Gasteiger partial charge is 0.338 e. The number of nitrogens with zero attached hydrogens (tertiary/aromatic N) is 2. The number of rotatable bonds is 2. The Morgan fingerprint density at radius 1 is 1.30 bits per heavy atom. The van der Waals surface area contributed by atoms with Crippen LogP contribution in [0.1, 0.15) is 23.2 Å². The van der Waals surface area contributed by atoms with E-state index < -0.39 is 22.3 Å². The fourth-order valence-corrected chi connectivity index (χ4v) is 2.97. The molecule has 0 atom stereocenters. The topological polar surface area (TPSA) is 44.1 Å². The Morgan fingerprint density at radius 2 is 1.85 bits per heavy atom. The lowest BCUT2D eigenvalue weighted by molar-refractivity contribution is 0.0715. The van der Waals surface area contributed by atoms with Gasteiger partial charge in [0, 0.05) is 24.7 Å². The lowest BCUT2D eigenvalue weighted by Crippen LogP contribution is -2.44. The van der Waals surface area contributed by atoms with Crippen LogP contribution in [0.15, 0.2) is 18.2 Å². The van der Waals surface area contributed by atoms with Crippen LogP contribution in [0.3, 0.4) is 0 Å². The van der Waals surface area contributed by atoms with Crippen molar-refractivity contribution in [2.45, 2.75) is 17.6 Å². The van der Waals surface area contributed by atoms with E-state index in [1.165, 1.54) is 11.8 Å². The summed E-state index contributed by atoms with van der Waals surface area (Å²) in [6, 6.07) is 5.09. The van der Waals surface area contributed by atoms with Crippen molar-refractivity contribution < 1.29 is 13.6 Å². The molecule has 0 aromatic heterocycles. The van der Waals surface area contributed by atoms with E-state index in [9.17, 15) is 18.8 Å². The molecule has 1 heterocycles. The fourth-order valence-electron chi connectivity index (χ4n) is 2.29. The number of benzene rings is 1. The fraction of sp³-hybridized carbons (Fsp3) is 0.429. The van der Waals surface area contributed by atoms with Crippen LogP contribution in [-0.2, 0) is 0 Å². The van der Waals surface area contributed by atoms with Gasteiger partial charge in [0.25, 0.3) is 5.91 Å². The zero-order valence-electron chi connectivity index (χ0n) is 11.0. The standard InChI is InChI=1S/C14H14F2N2OS/c1-20-14(9-17)2-4-18(5-3-14)13(19)10-6-11(15)8-12(16)7-10/h6-8H,2-5H2,1H3. The van der Waals surface area contributed by atoms with Crippen molar-refractivity contribution in [2.75, 3.05) is 19.3 Å². The van der Waals surface area contributed by atoms with Gasteiger partial charge in [0.15, 0.2) is 0 Å². The van der Waals surface area contributed by atoms with Crippen LogP contribution in [0, 0.1) is 23.0 Å². The Kier molecular flexibility index (Phi) is 4.29. The average Bonchev–Trinajstić information content (AvgIpc) is 2.45. The molecule has 0 aliphatic carbocycles. The van der Waals surface area contributed by atoms with Gasteiger partial charge in [0.1, 0.15) is 16.4 Å². The number of thioether (sulfide) groups is 1. The van der Waals surface area contributed by atoms with E-state index in [1.54, 1.807) is 4.90 Å². The molecule has 106 valence electrons. The van der Waals surface area contributed by atoms with Crippen LogP contribution in [0.4, 0.5) is 8.78 Å². The molecule has 0 spiro atoms. The minimum absolute atomic E-state index is 0.0103. The summed E-state index contributed by atoms with van der Waals surface area (Å²) < 4.78 is 25.8. The van der Waals surface area contributed by atoms with Gasteiger partial charge in [-0.05, 0) is 31.2 Å². The van der Waals surface area contributed by atoms with Crippen molar-refractivity contribution in [3.8, 4) is 6.07 Å². The molecule has 0 unspecified atom stereocenters. The first-order valence-electron chi connectivity index (χ1n) is 6.21. The number of amides is 1. The SMILES string of the molecule is CSC1(C#N)CCN(C(=O)c2cc(F)cc(F)c2)CC1. The lowest BCUT2D eigenvalue weighted by Gasteiger charge is -2.36. The number of hydrogen-bond donors (Lipinski definition) is 0. The van der Waals surface area contributed by atoms with Crippen LogP contribution >= 0.6 is 11.8 Å². The van der Waals surface area contributed by atoms with E-state index in [2.05, 4.69) is 6.07 Å². The molecule has 1 aromatic rings. The Hall–Kier alpha value is -1.61. The maximum absolute atomic E-state index is 13.1. The summed E-state index contributed by atoms with van der Waals surface area (Å²) in [6.45, 7) is 0.844. The Balaban J connectivity index is 2.11. The molecular weight excluding hydrogens is 282 g/mol. The summed E-state index contributed by atoms with van der Waals surface area (Å²) in [5.41, 5.74) is 0.0103. The van der Waals surface area contributed by atoms with Crippen LogP contribution < -0.4 is 0 Å². The Morgan fingerprint density at radius 3 is 2.30 bits per heavy atom. The highest BCUT2D eigenvalue weighted by molar-refractivity contribution is 8.00. The van der Waals surface area contributed by atoms with Crippen LogP contribution in [0.25, 0.3) is 0 Å². The minimum atomic E-state index is -0.763. The number of nitriles is 1. The molecule has 1 fully saturated rings. The van der Waals surface area contributed by atoms with Crippen molar-refractivity contribution >= 4 is 17.7 Å². The predicted molar refractivity (Wildman–Crippen MR) is 73.4 cm³/mol. The van der Waals surface area contributed by atoms with Crippen molar-refractivity contribution in [1.29, 1.82) is 5.26 Å². The highest BCUT2D eigenvalue weighted by Gasteiger charge is 2.35. The van der Waals surface area contributed by atoms with Gasteiger partial charge in [-0.2, -0.15) is 5.26 Å². The van der Waals surface area contributed by atoms with Crippen LogP contribution in [0.5, 0.6) is 0 Å². The summed E-state index contributed by atoms with van der Waals surface area (Å²) in [4.78, 5) is 13.7. The number of carbonyl (C=O) groups is 1. The first kappa shape index (κ1) is 14.8. The van der Waals surface area contributed by atoms with Gasteiger partial charge in [-0.1, -0.05) is 0 Å². The summed E-state index contributed by atoms with van der Waals surface area (Å²) in [6.07, 6.45) is 3.01. The number of halogens is 2. The third kappa shape index (κ3) is 2.93. The molecule has 0 bridgehead atoms. The predicted octanol–water partition coefficient (Wildman–Crippen LogP) is 2.83. The molecular formula is C14H14F2N2OS. The second-order valence-corrected chi connectivity index (χ2v) is 5.95. The van der Waals surface area contributed by atoms with E-state index in [1.807, 2.05) is 6.26 Å². The molecule has 20 heavy (non-hydrogen) atoms. The van der Waals surface area contributed by atoms with Gasteiger partial charge < -0.3 is 4.90 Å². The Labute approximate surface area is 120 Å². The third-order valence-corrected chi connectivity index (χ3v) is 4.84. The molecule has 0 saturated carbocycles. The van der Waals surface area contributed by atoms with E-state index >= 15 is 0 Å². The number of hydrogen-bond acceptors (Lipinski definition) is 3. The maximum Gasteiger partial charge on any atom is 0.254 e. The van der Waals surface area contributed by atoms with E-state index in [4.69, 9.17) is 0 Å². The smallest absolute Gasteiger partial charge is 0.254 e. The van der Waals surface area contributed by atoms with Gasteiger partial charge in [0.2, 0.25) is 0 Å². The van der Waals surface area contributed by atoms with Crippen LogP contribution in [-0.4, -0.2) is 34.9 Å². The quantitative estimate of drug-likeness (QED) is 0.843. The van der Waals surface area contributed by atoms with Crippen molar-refractivity contribution in [1.82, 2.24) is 4.90 Å². The van der Waals surface area contributed by atoms with Gasteiger partial charge in [0.05, 0.1) is 6.07 Å². The zero-order chi connectivity index (χ0) is 14.8. The van der Waals surface area contributed by atoms with E-state index in [-0.39, 0.29) is 5.56 Å². The minimum Gasteiger partial charge on any atom is -0.338 e. The molecule has 6 heteroatoms. The molecule has 2 rings (SSSR count). The second kappa shape index (κ2) is 5.80. The zero-order valence-corrected chi connectivity index (χ0v) is 11.8. The summed E-state index contributed by atoms with van der Waals surface area (Å²) in [7, 11) is 0. The number of carbonyl (C=O) groups excluding carboxylic acids is 1. The average molecular weight is 296 g/mol. The molecule has 0 radical (unpaired) electrons. The van der Waals surface area contributed by atoms with Gasteiger partial charge in [-0.3, -0.25) is 4.79 Å². The van der Waals surface area contributed by atoms with Gasteiger partial charge in [-0.15, -0.1) is 11.8 Å². The molecule has 1 aliphatic rings. The van der Waals surface area contributed by atoms with Gasteiger partial charge >= 0.3 is 0 Å². The van der Waals surface area contributed by atoms with E-state index in [0.29, 0.717) is 25.9 Å². The van der Waals surface area contributed by atoms with E-state index in [0.717, 1.165) is 18.2 Å². The molecule has 1 amide bonds. The normalized spacial score (nSPS) is 17.6. The Bertz CT molecular complexity index is 543. The molecule has 1 aliphatic heterocycles. The highest BCUT2D eigenvalue weighted by atomic mass is 32.2. The van der Waals surface area contributed by atoms with Gasteiger partial charge in [-0.25, -0.2) is 8.78 Å². The summed E-state index contributed by atoms with van der Waals surface area (Å²) in [5.74, 6) is -1.92. The monoisotopic (exact) mass is 296 g/mol.